The number of rotatable bonds is 8. The van der Waals surface area contributed by atoms with E-state index in [1.165, 1.54) is 0 Å². The lowest BCUT2D eigenvalue weighted by Crippen LogP contribution is -2.17. The van der Waals surface area contributed by atoms with Crippen molar-refractivity contribution in [1.29, 1.82) is 0 Å². The third-order valence-electron chi connectivity index (χ3n) is 4.28. The fourth-order valence-electron chi connectivity index (χ4n) is 2.81. The normalized spacial score (nSPS) is 14.1. The van der Waals surface area contributed by atoms with E-state index in [-0.39, 0.29) is 17.6 Å². The van der Waals surface area contributed by atoms with Crippen LogP contribution in [0.5, 0.6) is 0 Å². The predicted molar refractivity (Wildman–Crippen MR) is 112 cm³/mol. The van der Waals surface area contributed by atoms with Gasteiger partial charge in [-0.2, -0.15) is 0 Å². The van der Waals surface area contributed by atoms with Crippen molar-refractivity contribution >= 4 is 37.2 Å². The maximum atomic E-state index is 12.8. The molecule has 0 saturated heterocycles. The van der Waals surface area contributed by atoms with Crippen molar-refractivity contribution in [3.05, 3.63) is 59.7 Å². The molecule has 0 spiro atoms. The van der Waals surface area contributed by atoms with E-state index in [1.807, 2.05) is 0 Å². The number of sulfonamides is 2. The van der Waals surface area contributed by atoms with Crippen LogP contribution in [0, 0.1) is 0 Å². The maximum Gasteiger partial charge on any atom is 0.229 e. The molecule has 9 heteroatoms. The van der Waals surface area contributed by atoms with Gasteiger partial charge in [0.25, 0.3) is 0 Å². The highest BCUT2D eigenvalue weighted by Gasteiger charge is 2.23. The van der Waals surface area contributed by atoms with Gasteiger partial charge in [0, 0.05) is 23.2 Å². The molecule has 2 atom stereocenters. The number of ketones is 1. The average molecular weight is 425 g/mol. The standard InChI is InChI=1S/C19H24N2O5S2/c1-13(15-5-9-17(10-6-15)20-27(3,23)24)19(22)14(2)16-7-11-18(12-8-16)21-28(4,25)26/h5-14,20-21H,1-4H3. The molecule has 0 bridgehead atoms. The van der Waals surface area contributed by atoms with Crippen molar-refractivity contribution in [2.75, 3.05) is 22.0 Å². The van der Waals surface area contributed by atoms with Crippen LogP contribution in [-0.2, 0) is 24.8 Å². The highest BCUT2D eigenvalue weighted by Crippen LogP contribution is 2.28. The number of carbonyl (C=O) groups excluding carboxylic acids is 1. The van der Waals surface area contributed by atoms with Gasteiger partial charge in [-0.05, 0) is 35.4 Å². The Hall–Kier alpha value is -2.39. The highest BCUT2D eigenvalue weighted by atomic mass is 32.2. The molecule has 0 amide bonds. The van der Waals surface area contributed by atoms with Gasteiger partial charge in [0.1, 0.15) is 5.78 Å². The average Bonchev–Trinajstić information content (AvgIpc) is 2.58. The molecule has 0 radical (unpaired) electrons. The largest absolute Gasteiger partial charge is 0.298 e. The lowest BCUT2D eigenvalue weighted by molar-refractivity contribution is -0.121. The van der Waals surface area contributed by atoms with Gasteiger partial charge < -0.3 is 0 Å². The quantitative estimate of drug-likeness (QED) is 0.677. The molecule has 0 aliphatic heterocycles. The van der Waals surface area contributed by atoms with Crippen molar-refractivity contribution in [3.63, 3.8) is 0 Å². The van der Waals surface area contributed by atoms with Crippen molar-refractivity contribution in [2.24, 2.45) is 0 Å². The zero-order chi connectivity index (χ0) is 21.1. The number of hydrogen-bond donors (Lipinski definition) is 2. The number of anilines is 2. The molecular weight excluding hydrogens is 400 g/mol. The van der Waals surface area contributed by atoms with Crippen LogP contribution in [0.25, 0.3) is 0 Å². The molecule has 0 saturated carbocycles. The Kier molecular flexibility index (Phi) is 6.51. The summed E-state index contributed by atoms with van der Waals surface area (Å²) in [6.45, 7) is 3.61. The number of hydrogen-bond acceptors (Lipinski definition) is 5. The van der Waals surface area contributed by atoms with E-state index in [0.29, 0.717) is 11.4 Å². The molecule has 2 N–H and O–H groups in total. The summed E-state index contributed by atoms with van der Waals surface area (Å²) in [5.74, 6) is -0.750. The zero-order valence-corrected chi connectivity index (χ0v) is 17.8. The predicted octanol–water partition coefficient (Wildman–Crippen LogP) is 2.91. The SMILES string of the molecule is CC(C(=O)C(C)c1ccc(NS(C)(=O)=O)cc1)c1ccc(NS(C)(=O)=O)cc1. The Morgan fingerprint density at radius 1 is 0.679 bits per heavy atom. The molecule has 0 fully saturated rings. The lowest BCUT2D eigenvalue weighted by atomic mass is 9.86. The Labute approximate surface area is 166 Å². The first-order valence-corrected chi connectivity index (χ1v) is 12.3. The summed E-state index contributed by atoms with van der Waals surface area (Å²) in [7, 11) is -6.70. The fraction of sp³-hybridized carbons (Fsp3) is 0.316. The van der Waals surface area contributed by atoms with Crippen LogP contribution in [0.2, 0.25) is 0 Å². The van der Waals surface area contributed by atoms with Crippen molar-refractivity contribution in [2.45, 2.75) is 25.7 Å². The lowest BCUT2D eigenvalue weighted by Gasteiger charge is -2.18. The third-order valence-corrected chi connectivity index (χ3v) is 5.49. The molecule has 7 nitrogen and oxygen atoms in total. The first-order chi connectivity index (χ1) is 12.9. The summed E-state index contributed by atoms with van der Waals surface area (Å²) in [5.41, 5.74) is 2.44. The van der Waals surface area contributed by atoms with Gasteiger partial charge in [0.15, 0.2) is 0 Å². The second-order valence-corrected chi connectivity index (χ2v) is 10.3. The first kappa shape index (κ1) is 21.9. The highest BCUT2D eigenvalue weighted by molar-refractivity contribution is 7.92. The van der Waals surface area contributed by atoms with Gasteiger partial charge in [-0.3, -0.25) is 14.2 Å². The molecule has 152 valence electrons. The van der Waals surface area contributed by atoms with Crippen LogP contribution < -0.4 is 9.44 Å². The Morgan fingerprint density at radius 3 is 1.21 bits per heavy atom. The Morgan fingerprint density at radius 2 is 0.964 bits per heavy atom. The van der Waals surface area contributed by atoms with Gasteiger partial charge in [0.05, 0.1) is 12.5 Å². The second kappa shape index (κ2) is 8.32. The van der Waals surface area contributed by atoms with E-state index in [9.17, 15) is 21.6 Å². The molecule has 0 aliphatic carbocycles. The molecule has 2 unspecified atom stereocenters. The van der Waals surface area contributed by atoms with Gasteiger partial charge in [0.2, 0.25) is 20.0 Å². The van der Waals surface area contributed by atoms with Gasteiger partial charge >= 0.3 is 0 Å². The minimum atomic E-state index is -3.35. The Bertz CT molecular complexity index is 959. The topological polar surface area (TPSA) is 109 Å². The van der Waals surface area contributed by atoms with Crippen LogP contribution >= 0.6 is 0 Å². The van der Waals surface area contributed by atoms with Crippen molar-refractivity contribution < 1.29 is 21.6 Å². The number of nitrogens with one attached hydrogen (secondary N) is 2. The van der Waals surface area contributed by atoms with E-state index in [4.69, 9.17) is 0 Å². The van der Waals surface area contributed by atoms with Crippen LogP contribution in [-0.4, -0.2) is 35.1 Å². The van der Waals surface area contributed by atoms with Gasteiger partial charge in [-0.15, -0.1) is 0 Å². The summed E-state index contributed by atoms with van der Waals surface area (Å²) in [4.78, 5) is 12.8. The van der Waals surface area contributed by atoms with E-state index in [2.05, 4.69) is 9.44 Å². The molecule has 0 aromatic heterocycles. The monoisotopic (exact) mass is 424 g/mol. The Balaban J connectivity index is 2.11. The van der Waals surface area contributed by atoms with Crippen molar-refractivity contribution in [3.8, 4) is 0 Å². The molecule has 2 aromatic rings. The molecule has 28 heavy (non-hydrogen) atoms. The molecule has 2 rings (SSSR count). The fourth-order valence-corrected chi connectivity index (χ4v) is 3.94. The summed E-state index contributed by atoms with van der Waals surface area (Å²) in [6, 6.07) is 13.4. The molecular formula is C19H24N2O5S2. The van der Waals surface area contributed by atoms with Gasteiger partial charge in [-0.1, -0.05) is 38.1 Å². The van der Waals surface area contributed by atoms with Crippen LogP contribution in [0.4, 0.5) is 11.4 Å². The van der Waals surface area contributed by atoms with E-state index >= 15 is 0 Å². The summed E-state index contributed by atoms with van der Waals surface area (Å²) < 4.78 is 49.9. The zero-order valence-electron chi connectivity index (χ0n) is 16.1. The molecule has 0 aliphatic rings. The second-order valence-electron chi connectivity index (χ2n) is 6.84. The van der Waals surface area contributed by atoms with Crippen LogP contribution in [0.15, 0.2) is 48.5 Å². The van der Waals surface area contributed by atoms with Gasteiger partial charge in [-0.25, -0.2) is 16.8 Å². The van der Waals surface area contributed by atoms with E-state index in [1.54, 1.807) is 62.4 Å². The first-order valence-electron chi connectivity index (χ1n) is 8.55. The summed E-state index contributed by atoms with van der Waals surface area (Å²) in [6.07, 6.45) is 2.15. The smallest absolute Gasteiger partial charge is 0.229 e. The number of benzene rings is 2. The maximum absolute atomic E-state index is 12.8. The molecule has 0 heterocycles. The van der Waals surface area contributed by atoms with E-state index < -0.39 is 20.0 Å². The molecule has 2 aromatic carbocycles. The van der Waals surface area contributed by atoms with Crippen LogP contribution in [0.3, 0.4) is 0 Å². The van der Waals surface area contributed by atoms with Crippen LogP contribution in [0.1, 0.15) is 36.8 Å². The van der Waals surface area contributed by atoms with E-state index in [0.717, 1.165) is 23.6 Å². The van der Waals surface area contributed by atoms with Crippen molar-refractivity contribution in [1.82, 2.24) is 0 Å². The third kappa shape index (κ3) is 6.35. The summed E-state index contributed by atoms with van der Waals surface area (Å²) >= 11 is 0. The number of Topliss-reactive ketones (excluding diaryl/α,β-unsaturated/α-hetero) is 1. The minimum absolute atomic E-state index is 0.00708. The number of carbonyl (C=O) groups is 1. The minimum Gasteiger partial charge on any atom is -0.298 e. The summed E-state index contributed by atoms with van der Waals surface area (Å²) in [5, 5.41) is 0.